The molecule has 0 saturated carbocycles. The van der Waals surface area contributed by atoms with Gasteiger partial charge in [-0.15, -0.1) is 0 Å². The van der Waals surface area contributed by atoms with Gasteiger partial charge in [-0.25, -0.2) is 9.03 Å². The van der Waals surface area contributed by atoms with Gasteiger partial charge in [0.25, 0.3) is 18.3 Å². The Bertz CT molecular complexity index is 1680. The maximum atomic E-state index is 12.1. The normalized spacial score (nSPS) is 12.2. The van der Waals surface area contributed by atoms with Gasteiger partial charge in [0.15, 0.2) is 0 Å². The topological polar surface area (TPSA) is 187 Å². The van der Waals surface area contributed by atoms with Crippen molar-refractivity contribution in [1.29, 1.82) is 0 Å². The molecule has 0 aliphatic carbocycles. The molecule has 15 nitrogen and oxygen atoms in total. The van der Waals surface area contributed by atoms with Crippen LogP contribution in [0.2, 0.25) is 0 Å². The number of hydrogen-bond donors (Lipinski definition) is 2. The van der Waals surface area contributed by atoms with Crippen molar-refractivity contribution in [1.82, 2.24) is 29.0 Å². The third kappa shape index (κ3) is 15.0. The molecule has 1 aliphatic rings. The van der Waals surface area contributed by atoms with E-state index in [1.165, 1.54) is 39.0 Å². The molecule has 1 aliphatic heterocycles. The molecule has 5 heterocycles. The number of amides is 2. The van der Waals surface area contributed by atoms with Gasteiger partial charge < -0.3 is 41.1 Å². The molecule has 0 radical (unpaired) electrons. The van der Waals surface area contributed by atoms with E-state index in [1.807, 2.05) is 0 Å². The molecule has 4 aromatic rings. The second-order valence-corrected chi connectivity index (χ2v) is 13.2. The first-order chi connectivity index (χ1) is 21.3. The summed E-state index contributed by atoms with van der Waals surface area (Å²) in [6.45, 7) is 8.42. The molecule has 4 aromatic heterocycles. The SMILES string of the molecule is CC1(C)CO1.CN(C)C(=O)c1cnn2cc(O)cc(Br)c12.CN(C)C(=O)c1cnn2cc(OCC(C)(C)O)cc(Br)c12.O=CO[O-].[H-].[K+].[K+]. The maximum Gasteiger partial charge on any atom is 1.00 e. The van der Waals surface area contributed by atoms with Crippen LogP contribution in [0.1, 0.15) is 49.8 Å². The van der Waals surface area contributed by atoms with E-state index in [4.69, 9.17) is 19.5 Å². The first-order valence-electron chi connectivity index (χ1n) is 13.5. The Morgan fingerprint density at radius 1 is 1.02 bits per heavy atom. The zero-order valence-corrected chi connectivity index (χ0v) is 38.1. The van der Waals surface area contributed by atoms with E-state index in [2.05, 4.69) is 60.8 Å². The Labute approximate surface area is 381 Å². The molecule has 2 N–H and O–H groups in total. The van der Waals surface area contributed by atoms with Crippen LogP contribution in [0.4, 0.5) is 0 Å². The molecule has 0 spiro atoms. The van der Waals surface area contributed by atoms with Gasteiger partial charge in [0.05, 0.1) is 64.8 Å². The van der Waals surface area contributed by atoms with E-state index in [-0.39, 0.29) is 140 Å². The quantitative estimate of drug-likeness (QED) is 0.0655. The van der Waals surface area contributed by atoms with Crippen LogP contribution in [0.5, 0.6) is 11.5 Å². The molecule has 1 fully saturated rings. The van der Waals surface area contributed by atoms with Crippen molar-refractivity contribution in [3.05, 3.63) is 57.0 Å². The standard InChI is InChI=1S/C14H18BrN3O3.C10H10BrN3O2.C4H8O.CH2O3.2K.H/c1-14(2,20)8-21-9-5-11(15)12-10(13(19)17(3)4)6-16-18(12)7-9;1-13(2)10(16)7-4-12-14-5-6(15)3-8(11)9(7)14;1-4(2)3-5-4;2-1-4-3;;;/h5-7,20H,8H2,1-4H3;3-5,15H,1-2H3;3H2,1-2H3;1,3H;;;/q;;;;2*+1;-1/p-1. The Morgan fingerprint density at radius 2 is 1.42 bits per heavy atom. The molecule has 0 atom stereocenters. The van der Waals surface area contributed by atoms with E-state index < -0.39 is 5.60 Å². The van der Waals surface area contributed by atoms with Crippen LogP contribution in [-0.4, -0.2) is 110 Å². The molecule has 5 rings (SSSR count). The van der Waals surface area contributed by atoms with Crippen LogP contribution < -0.4 is 113 Å². The summed E-state index contributed by atoms with van der Waals surface area (Å²) in [5.41, 5.74) is 1.68. The second-order valence-electron chi connectivity index (χ2n) is 11.5. The largest absolute Gasteiger partial charge is 1.00 e. The third-order valence-electron chi connectivity index (χ3n) is 5.72. The number of pyridine rings is 2. The van der Waals surface area contributed by atoms with Gasteiger partial charge in [0.2, 0.25) is 0 Å². The fraction of sp³-hybridized carbons (Fsp3) is 0.414. The molecule has 254 valence electrons. The average molecular weight is 853 g/mol. The van der Waals surface area contributed by atoms with E-state index in [9.17, 15) is 19.8 Å². The Kier molecular flexibility index (Phi) is 20.9. The first-order valence-corrected chi connectivity index (χ1v) is 15.1. The third-order valence-corrected chi connectivity index (χ3v) is 6.93. The summed E-state index contributed by atoms with van der Waals surface area (Å²) < 4.78 is 14.8. The Balaban J connectivity index is 0. The zero-order chi connectivity index (χ0) is 35.0. The molecule has 1 saturated heterocycles. The predicted molar refractivity (Wildman–Crippen MR) is 174 cm³/mol. The number of nitrogens with zero attached hydrogens (tertiary/aromatic N) is 6. The number of aromatic nitrogens is 4. The first kappa shape index (κ1) is 47.5. The molecule has 19 heteroatoms. The molecule has 0 bridgehead atoms. The van der Waals surface area contributed by atoms with Gasteiger partial charge in [-0.1, -0.05) is 0 Å². The Hall–Kier alpha value is -0.497. The number of hydrogen-bond acceptors (Lipinski definition) is 11. The zero-order valence-electron chi connectivity index (χ0n) is 29.6. The Morgan fingerprint density at radius 3 is 1.77 bits per heavy atom. The number of carbonyl (C=O) groups excluding carboxylic acids is 3. The van der Waals surface area contributed by atoms with Crippen molar-refractivity contribution >= 4 is 61.2 Å². The predicted octanol–water partition coefficient (Wildman–Crippen LogP) is -3.20. The number of ether oxygens (including phenoxy) is 2. The minimum absolute atomic E-state index is 0. The molecule has 0 unspecified atom stereocenters. The fourth-order valence-corrected chi connectivity index (χ4v) is 4.64. The summed E-state index contributed by atoms with van der Waals surface area (Å²) in [5.74, 6) is 0.409. The number of carbonyl (C=O) groups is 3. The van der Waals surface area contributed by atoms with Gasteiger partial charge in [0.1, 0.15) is 18.1 Å². The smallest absolute Gasteiger partial charge is 1.00 e. The van der Waals surface area contributed by atoms with Crippen LogP contribution in [0.15, 0.2) is 45.9 Å². The molecule has 2 amide bonds. The minimum atomic E-state index is -0.919. The van der Waals surface area contributed by atoms with Gasteiger partial charge in [-0.2, -0.15) is 10.2 Å². The summed E-state index contributed by atoms with van der Waals surface area (Å²) in [6, 6.07) is 3.29. The van der Waals surface area contributed by atoms with Gasteiger partial charge in [-0.3, -0.25) is 14.4 Å². The summed E-state index contributed by atoms with van der Waals surface area (Å²) in [7, 11) is 6.75. The van der Waals surface area contributed by atoms with E-state index in [1.54, 1.807) is 58.8 Å². The van der Waals surface area contributed by atoms with E-state index in [0.717, 1.165) is 6.61 Å². The van der Waals surface area contributed by atoms with Crippen LogP contribution in [0.3, 0.4) is 0 Å². The van der Waals surface area contributed by atoms with Crippen LogP contribution in [-0.2, 0) is 14.4 Å². The average Bonchev–Trinajstić information content (AvgIpc) is 3.32. The van der Waals surface area contributed by atoms with Crippen molar-refractivity contribution in [3.8, 4) is 11.5 Å². The summed E-state index contributed by atoms with van der Waals surface area (Å²) in [5, 5.41) is 35.7. The molecule has 0 aromatic carbocycles. The fourth-order valence-electron chi connectivity index (χ4n) is 3.39. The van der Waals surface area contributed by atoms with Crippen molar-refractivity contribution in [2.24, 2.45) is 0 Å². The van der Waals surface area contributed by atoms with Gasteiger partial charge >= 0.3 is 103 Å². The molecule has 48 heavy (non-hydrogen) atoms. The van der Waals surface area contributed by atoms with E-state index in [0.29, 0.717) is 36.9 Å². The van der Waals surface area contributed by atoms with Crippen molar-refractivity contribution in [2.45, 2.75) is 38.9 Å². The monoisotopic (exact) mass is 850 g/mol. The number of rotatable bonds is 6. The van der Waals surface area contributed by atoms with Crippen molar-refractivity contribution < 1.29 is 148 Å². The van der Waals surface area contributed by atoms with Crippen LogP contribution in [0, 0.1) is 0 Å². The van der Waals surface area contributed by atoms with Crippen LogP contribution >= 0.6 is 31.9 Å². The second kappa shape index (κ2) is 21.1. The molecular formula is C29H38Br2K2N6O9. The number of halogens is 2. The van der Waals surface area contributed by atoms with Gasteiger partial charge in [0, 0.05) is 37.1 Å². The molecular weight excluding hydrogens is 814 g/mol. The van der Waals surface area contributed by atoms with E-state index >= 15 is 0 Å². The number of aromatic hydroxyl groups is 1. The minimum Gasteiger partial charge on any atom is -1.00 e. The summed E-state index contributed by atoms with van der Waals surface area (Å²) in [4.78, 5) is 38.2. The maximum absolute atomic E-state index is 12.1. The number of epoxide rings is 1. The summed E-state index contributed by atoms with van der Waals surface area (Å²) in [6.07, 6.45) is 6.15. The summed E-state index contributed by atoms with van der Waals surface area (Å²) >= 11 is 6.75. The van der Waals surface area contributed by atoms with Gasteiger partial charge in [-0.05, 0) is 71.7 Å². The number of fused-ring (bicyclic) bond motifs is 2. The van der Waals surface area contributed by atoms with Crippen molar-refractivity contribution in [2.75, 3.05) is 41.4 Å². The number of aliphatic hydroxyl groups is 1. The van der Waals surface area contributed by atoms with Crippen LogP contribution in [0.25, 0.3) is 11.0 Å². The van der Waals surface area contributed by atoms with Crippen molar-refractivity contribution in [3.63, 3.8) is 0 Å².